The van der Waals surface area contributed by atoms with Gasteiger partial charge in [0.25, 0.3) is 5.91 Å². The van der Waals surface area contributed by atoms with Crippen LogP contribution in [0.3, 0.4) is 0 Å². The summed E-state index contributed by atoms with van der Waals surface area (Å²) >= 11 is 1.27. The number of fused-ring (bicyclic) bond motifs is 3. The Labute approximate surface area is 180 Å². The monoisotopic (exact) mass is 420 g/mol. The van der Waals surface area contributed by atoms with E-state index in [0.717, 1.165) is 16.9 Å². The molecule has 2 heterocycles. The third-order valence-corrected chi connectivity index (χ3v) is 5.99. The minimum Gasteiger partial charge on any atom is -0.325 e. The number of nitrogens with one attached hydrogen (secondary N) is 1. The standard InChI is InChI=1S/C23H24N4O2S/c1-14(2)13-19-22(29)27-20(25-19)17-11-7-8-12-18(17)26-23(27)30-15(3)21(28)24-16-9-5-4-6-10-16/h4-12,14-15,19H,13H2,1-3H3,(H,24,28)/t15-,19+/m1/s1. The Kier molecular flexibility index (Phi) is 5.72. The molecule has 0 saturated carbocycles. The van der Waals surface area contributed by atoms with Crippen LogP contribution < -0.4 is 5.32 Å². The summed E-state index contributed by atoms with van der Waals surface area (Å²) in [5.74, 6) is 0.768. The molecule has 2 aliphatic rings. The van der Waals surface area contributed by atoms with Crippen molar-refractivity contribution < 1.29 is 9.59 Å². The van der Waals surface area contributed by atoms with E-state index < -0.39 is 11.3 Å². The quantitative estimate of drug-likeness (QED) is 0.776. The summed E-state index contributed by atoms with van der Waals surface area (Å²) in [4.78, 5) is 36.9. The number of hydrogen-bond donors (Lipinski definition) is 1. The zero-order chi connectivity index (χ0) is 21.3. The first kappa shape index (κ1) is 20.3. The molecule has 30 heavy (non-hydrogen) atoms. The van der Waals surface area contributed by atoms with Gasteiger partial charge in [-0.15, -0.1) is 0 Å². The van der Waals surface area contributed by atoms with E-state index in [0.29, 0.717) is 23.3 Å². The van der Waals surface area contributed by atoms with E-state index in [1.165, 1.54) is 11.8 Å². The lowest BCUT2D eigenvalue weighted by Crippen LogP contribution is -2.42. The number of thioether (sulfide) groups is 1. The fraction of sp³-hybridized carbons (Fsp3) is 0.304. The highest BCUT2D eigenvalue weighted by molar-refractivity contribution is 8.15. The molecule has 1 N–H and O–H groups in total. The largest absolute Gasteiger partial charge is 0.325 e. The molecular weight excluding hydrogens is 396 g/mol. The Balaban J connectivity index is 1.60. The van der Waals surface area contributed by atoms with Gasteiger partial charge in [-0.3, -0.25) is 14.6 Å². The molecule has 2 aromatic carbocycles. The molecule has 154 valence electrons. The average Bonchev–Trinajstić information content (AvgIpc) is 3.05. The fourth-order valence-electron chi connectivity index (χ4n) is 3.46. The van der Waals surface area contributed by atoms with Crippen molar-refractivity contribution in [2.45, 2.75) is 38.5 Å². The molecule has 2 atom stereocenters. The van der Waals surface area contributed by atoms with Crippen LogP contribution in [-0.4, -0.2) is 39.0 Å². The van der Waals surface area contributed by atoms with Crippen molar-refractivity contribution >= 4 is 46.0 Å². The molecule has 0 bridgehead atoms. The van der Waals surface area contributed by atoms with Gasteiger partial charge in [0.1, 0.15) is 11.9 Å². The highest BCUT2D eigenvalue weighted by Crippen LogP contribution is 2.35. The van der Waals surface area contributed by atoms with Crippen LogP contribution in [0.25, 0.3) is 0 Å². The second kappa shape index (κ2) is 8.44. The van der Waals surface area contributed by atoms with Crippen molar-refractivity contribution in [3.05, 3.63) is 60.2 Å². The van der Waals surface area contributed by atoms with Crippen molar-refractivity contribution in [3.8, 4) is 0 Å². The van der Waals surface area contributed by atoms with Crippen molar-refractivity contribution in [1.82, 2.24) is 4.90 Å². The number of hydrogen-bond acceptors (Lipinski definition) is 5. The first-order chi connectivity index (χ1) is 14.4. The predicted octanol–water partition coefficient (Wildman–Crippen LogP) is 4.45. The van der Waals surface area contributed by atoms with Crippen molar-refractivity contribution in [3.63, 3.8) is 0 Å². The van der Waals surface area contributed by atoms with E-state index >= 15 is 0 Å². The van der Waals surface area contributed by atoms with E-state index in [9.17, 15) is 9.59 Å². The SMILES string of the molecule is CC(C)C[C@@H]1N=C2c3ccccc3N=C(S[C@H](C)C(=O)Nc3ccccc3)N2C1=O. The van der Waals surface area contributed by atoms with Gasteiger partial charge in [-0.05, 0) is 43.5 Å². The maximum Gasteiger partial charge on any atom is 0.259 e. The molecule has 0 unspecified atom stereocenters. The fourth-order valence-corrected chi connectivity index (χ4v) is 4.37. The zero-order valence-electron chi connectivity index (χ0n) is 17.2. The summed E-state index contributed by atoms with van der Waals surface area (Å²) in [6.07, 6.45) is 0.684. The van der Waals surface area contributed by atoms with Crippen LogP contribution in [0, 0.1) is 5.92 Å². The molecule has 7 heteroatoms. The molecular formula is C23H24N4O2S. The van der Waals surface area contributed by atoms with Crippen LogP contribution in [0.2, 0.25) is 0 Å². The number of benzene rings is 2. The van der Waals surface area contributed by atoms with Gasteiger partial charge in [0, 0.05) is 11.3 Å². The van der Waals surface area contributed by atoms with Crippen LogP contribution in [-0.2, 0) is 9.59 Å². The predicted molar refractivity (Wildman–Crippen MR) is 122 cm³/mol. The minimum atomic E-state index is -0.438. The summed E-state index contributed by atoms with van der Waals surface area (Å²) < 4.78 is 0. The van der Waals surface area contributed by atoms with E-state index in [2.05, 4.69) is 19.2 Å². The number of amidine groups is 2. The summed E-state index contributed by atoms with van der Waals surface area (Å²) in [5, 5.41) is 2.97. The summed E-state index contributed by atoms with van der Waals surface area (Å²) in [6.45, 7) is 5.98. The van der Waals surface area contributed by atoms with Crippen LogP contribution in [0.4, 0.5) is 11.4 Å². The number of para-hydroxylation sites is 2. The Hall–Kier alpha value is -2.93. The number of anilines is 1. The average molecular weight is 421 g/mol. The first-order valence-corrected chi connectivity index (χ1v) is 10.9. The van der Waals surface area contributed by atoms with E-state index in [-0.39, 0.29) is 11.8 Å². The number of carbonyl (C=O) groups is 2. The van der Waals surface area contributed by atoms with Crippen LogP contribution in [0.15, 0.2) is 64.6 Å². The number of amides is 2. The number of carbonyl (C=O) groups excluding carboxylic acids is 2. The Morgan fingerprint density at radius 1 is 1.10 bits per heavy atom. The Bertz CT molecular complexity index is 1030. The highest BCUT2D eigenvalue weighted by atomic mass is 32.2. The molecule has 0 radical (unpaired) electrons. The van der Waals surface area contributed by atoms with Crippen LogP contribution >= 0.6 is 11.8 Å². The second-order valence-electron chi connectivity index (χ2n) is 7.80. The topological polar surface area (TPSA) is 74.1 Å². The highest BCUT2D eigenvalue weighted by Gasteiger charge is 2.42. The molecule has 0 fully saturated rings. The Morgan fingerprint density at radius 2 is 1.80 bits per heavy atom. The van der Waals surface area contributed by atoms with Gasteiger partial charge in [-0.2, -0.15) is 0 Å². The first-order valence-electron chi connectivity index (χ1n) is 10.1. The molecule has 4 rings (SSSR count). The summed E-state index contributed by atoms with van der Waals surface area (Å²) in [7, 11) is 0. The van der Waals surface area contributed by atoms with Gasteiger partial charge in [-0.1, -0.05) is 55.9 Å². The molecule has 0 spiro atoms. The molecule has 2 amide bonds. The lowest BCUT2D eigenvalue weighted by molar-refractivity contribution is -0.125. The molecule has 0 aromatic heterocycles. The molecule has 6 nitrogen and oxygen atoms in total. The van der Waals surface area contributed by atoms with E-state index in [1.54, 1.807) is 4.90 Å². The van der Waals surface area contributed by atoms with Gasteiger partial charge < -0.3 is 5.32 Å². The third kappa shape index (κ3) is 4.03. The lowest BCUT2D eigenvalue weighted by atomic mass is 10.0. The zero-order valence-corrected chi connectivity index (χ0v) is 18.0. The number of aliphatic imine (C=N–C) groups is 2. The van der Waals surface area contributed by atoms with Gasteiger partial charge >= 0.3 is 0 Å². The van der Waals surface area contributed by atoms with Gasteiger partial charge in [-0.25, -0.2) is 9.89 Å². The lowest BCUT2D eigenvalue weighted by Gasteiger charge is -2.27. The van der Waals surface area contributed by atoms with Gasteiger partial charge in [0.05, 0.1) is 10.9 Å². The number of nitrogens with zero attached hydrogens (tertiary/aromatic N) is 3. The van der Waals surface area contributed by atoms with Gasteiger partial charge in [0.15, 0.2) is 5.17 Å². The van der Waals surface area contributed by atoms with Crippen molar-refractivity contribution in [1.29, 1.82) is 0 Å². The van der Waals surface area contributed by atoms with Crippen molar-refractivity contribution in [2.24, 2.45) is 15.9 Å². The summed E-state index contributed by atoms with van der Waals surface area (Å²) in [6, 6.07) is 16.6. The number of rotatable bonds is 5. The van der Waals surface area contributed by atoms with Crippen molar-refractivity contribution in [2.75, 3.05) is 5.32 Å². The van der Waals surface area contributed by atoms with E-state index in [4.69, 9.17) is 9.98 Å². The smallest absolute Gasteiger partial charge is 0.259 e. The molecule has 2 aliphatic heterocycles. The summed E-state index contributed by atoms with van der Waals surface area (Å²) in [5.41, 5.74) is 2.36. The molecule has 0 aliphatic carbocycles. The van der Waals surface area contributed by atoms with E-state index in [1.807, 2.05) is 61.5 Å². The third-order valence-electron chi connectivity index (χ3n) is 4.94. The normalized spacial score (nSPS) is 18.5. The van der Waals surface area contributed by atoms with Crippen LogP contribution in [0.5, 0.6) is 0 Å². The molecule has 0 saturated heterocycles. The maximum absolute atomic E-state index is 13.2. The van der Waals surface area contributed by atoms with Crippen LogP contribution in [0.1, 0.15) is 32.8 Å². The Morgan fingerprint density at radius 3 is 2.53 bits per heavy atom. The minimum absolute atomic E-state index is 0.0740. The molecule has 2 aromatic rings. The van der Waals surface area contributed by atoms with Gasteiger partial charge in [0.2, 0.25) is 5.91 Å². The maximum atomic E-state index is 13.2. The second-order valence-corrected chi connectivity index (χ2v) is 9.11.